The van der Waals surface area contributed by atoms with E-state index in [0.717, 1.165) is 11.1 Å². The minimum absolute atomic E-state index is 0.0615. The van der Waals surface area contributed by atoms with Crippen LogP contribution in [0.2, 0.25) is 0 Å². The summed E-state index contributed by atoms with van der Waals surface area (Å²) in [6.07, 6.45) is 2.16. The molecular formula is C19H18N6O2. The second-order valence-corrected chi connectivity index (χ2v) is 6.35. The molecule has 1 amide bonds. The Morgan fingerprint density at radius 1 is 1.15 bits per heavy atom. The molecule has 27 heavy (non-hydrogen) atoms. The van der Waals surface area contributed by atoms with E-state index < -0.39 is 0 Å². The molecule has 3 heterocycles. The molecule has 8 heteroatoms. The van der Waals surface area contributed by atoms with Crippen LogP contribution in [-0.2, 0) is 17.8 Å². The van der Waals surface area contributed by atoms with Crippen LogP contribution >= 0.6 is 0 Å². The number of aromatic nitrogens is 5. The minimum atomic E-state index is -0.0615. The summed E-state index contributed by atoms with van der Waals surface area (Å²) in [7, 11) is 0. The quantitative estimate of drug-likeness (QED) is 0.585. The molecule has 3 aromatic heterocycles. The molecule has 1 aromatic carbocycles. The van der Waals surface area contributed by atoms with E-state index in [1.807, 2.05) is 53.9 Å². The van der Waals surface area contributed by atoms with Crippen LogP contribution < -0.4 is 5.32 Å². The normalized spacial score (nSPS) is 11.0. The number of amides is 1. The topological polar surface area (TPSA) is 98.2 Å². The van der Waals surface area contributed by atoms with Gasteiger partial charge in [-0.25, -0.2) is 0 Å². The summed E-state index contributed by atoms with van der Waals surface area (Å²) < 4.78 is 6.99. The molecular weight excluding hydrogens is 344 g/mol. The smallest absolute Gasteiger partial charge is 0.258 e. The van der Waals surface area contributed by atoms with E-state index in [0.29, 0.717) is 36.2 Å². The van der Waals surface area contributed by atoms with Crippen molar-refractivity contribution in [1.82, 2.24) is 30.1 Å². The van der Waals surface area contributed by atoms with Crippen LogP contribution in [0, 0.1) is 13.8 Å². The summed E-state index contributed by atoms with van der Waals surface area (Å²) in [6.45, 7) is 4.08. The molecule has 4 aromatic rings. The van der Waals surface area contributed by atoms with Gasteiger partial charge in [-0.2, -0.15) is 4.98 Å². The fourth-order valence-corrected chi connectivity index (χ4v) is 2.74. The highest BCUT2D eigenvalue weighted by Gasteiger charge is 2.12. The van der Waals surface area contributed by atoms with Gasteiger partial charge in [-0.05, 0) is 31.5 Å². The number of nitrogens with zero attached hydrogens (tertiary/aromatic N) is 5. The number of pyridine rings is 1. The van der Waals surface area contributed by atoms with Crippen molar-refractivity contribution >= 4 is 11.6 Å². The maximum atomic E-state index is 12.2. The van der Waals surface area contributed by atoms with Crippen molar-refractivity contribution in [3.05, 3.63) is 65.4 Å². The Morgan fingerprint density at radius 3 is 2.70 bits per heavy atom. The van der Waals surface area contributed by atoms with Crippen molar-refractivity contribution in [3.63, 3.8) is 0 Å². The lowest BCUT2D eigenvalue weighted by Gasteiger charge is -2.05. The number of benzene rings is 1. The molecule has 8 nitrogen and oxygen atoms in total. The summed E-state index contributed by atoms with van der Waals surface area (Å²) in [5.41, 5.74) is 3.56. The third-order valence-corrected chi connectivity index (χ3v) is 4.18. The Bertz CT molecular complexity index is 1100. The number of hydrogen-bond donors (Lipinski definition) is 1. The zero-order valence-corrected chi connectivity index (χ0v) is 15.0. The van der Waals surface area contributed by atoms with E-state index in [2.05, 4.69) is 25.7 Å². The molecule has 0 fully saturated rings. The van der Waals surface area contributed by atoms with Crippen molar-refractivity contribution < 1.29 is 9.32 Å². The average Bonchev–Trinajstić information content (AvgIpc) is 3.27. The summed E-state index contributed by atoms with van der Waals surface area (Å²) >= 11 is 0. The van der Waals surface area contributed by atoms with E-state index in [-0.39, 0.29) is 5.91 Å². The third-order valence-electron chi connectivity index (χ3n) is 4.18. The highest BCUT2D eigenvalue weighted by molar-refractivity contribution is 5.78. The summed E-state index contributed by atoms with van der Waals surface area (Å²) in [6, 6.07) is 11.6. The van der Waals surface area contributed by atoms with Gasteiger partial charge in [0, 0.05) is 11.8 Å². The van der Waals surface area contributed by atoms with Crippen LogP contribution in [0.4, 0.5) is 0 Å². The van der Waals surface area contributed by atoms with Crippen LogP contribution in [0.25, 0.3) is 17.1 Å². The first-order valence-corrected chi connectivity index (χ1v) is 8.55. The predicted octanol–water partition coefficient (Wildman–Crippen LogP) is 2.26. The molecule has 0 atom stereocenters. The van der Waals surface area contributed by atoms with Gasteiger partial charge in [0.15, 0.2) is 17.3 Å². The first-order valence-electron chi connectivity index (χ1n) is 8.55. The molecule has 0 saturated carbocycles. The average molecular weight is 362 g/mol. The molecule has 0 spiro atoms. The first kappa shape index (κ1) is 16.9. The Morgan fingerprint density at radius 2 is 1.96 bits per heavy atom. The fraction of sp³-hybridized carbons (Fsp3) is 0.211. The van der Waals surface area contributed by atoms with Gasteiger partial charge >= 0.3 is 0 Å². The predicted molar refractivity (Wildman–Crippen MR) is 97.7 cm³/mol. The Kier molecular flexibility index (Phi) is 4.37. The largest absolute Gasteiger partial charge is 0.348 e. The van der Waals surface area contributed by atoms with Gasteiger partial charge in [0.05, 0.1) is 13.0 Å². The molecule has 0 unspecified atom stereocenters. The second kappa shape index (κ2) is 6.99. The molecule has 4 rings (SSSR count). The highest BCUT2D eigenvalue weighted by atomic mass is 16.5. The Labute approximate surface area is 155 Å². The van der Waals surface area contributed by atoms with Crippen molar-refractivity contribution in [1.29, 1.82) is 0 Å². The molecule has 136 valence electrons. The summed E-state index contributed by atoms with van der Waals surface area (Å²) in [5.74, 6) is 1.60. The molecule has 0 aliphatic heterocycles. The first-order chi connectivity index (χ1) is 13.1. The number of nitrogens with one attached hydrogen (secondary N) is 1. The van der Waals surface area contributed by atoms with Gasteiger partial charge in [0.1, 0.15) is 0 Å². The molecule has 0 bridgehead atoms. The maximum Gasteiger partial charge on any atom is 0.258 e. The van der Waals surface area contributed by atoms with Gasteiger partial charge in [0.25, 0.3) is 5.89 Å². The van der Waals surface area contributed by atoms with E-state index in [1.165, 1.54) is 5.56 Å². The number of carbonyl (C=O) groups excluding carboxylic acids is 1. The fourth-order valence-electron chi connectivity index (χ4n) is 2.74. The van der Waals surface area contributed by atoms with Crippen molar-refractivity contribution in [3.8, 4) is 11.5 Å². The molecule has 0 aliphatic carbocycles. The van der Waals surface area contributed by atoms with E-state index >= 15 is 0 Å². The number of carbonyl (C=O) groups is 1. The number of hydrogen-bond acceptors (Lipinski definition) is 6. The maximum absolute atomic E-state index is 12.2. The van der Waals surface area contributed by atoms with Gasteiger partial charge < -0.3 is 9.84 Å². The lowest BCUT2D eigenvalue weighted by molar-refractivity contribution is -0.120. The number of aryl methyl sites for hydroxylation is 2. The lowest BCUT2D eigenvalue weighted by Crippen LogP contribution is -2.25. The van der Waals surface area contributed by atoms with Gasteiger partial charge in [-0.1, -0.05) is 35.0 Å². The second-order valence-electron chi connectivity index (χ2n) is 6.35. The number of fused-ring (bicyclic) bond motifs is 1. The summed E-state index contributed by atoms with van der Waals surface area (Å²) in [5, 5.41) is 15.0. The van der Waals surface area contributed by atoms with Crippen LogP contribution in [0.3, 0.4) is 0 Å². The van der Waals surface area contributed by atoms with Gasteiger partial charge in [-0.3, -0.25) is 9.20 Å². The van der Waals surface area contributed by atoms with E-state index in [1.54, 1.807) is 6.92 Å². The molecule has 0 radical (unpaired) electrons. The van der Waals surface area contributed by atoms with Gasteiger partial charge in [0.2, 0.25) is 5.91 Å². The van der Waals surface area contributed by atoms with Crippen LogP contribution in [0.5, 0.6) is 0 Å². The summed E-state index contributed by atoms with van der Waals surface area (Å²) in [4.78, 5) is 16.4. The van der Waals surface area contributed by atoms with Crippen LogP contribution in [-0.4, -0.2) is 30.6 Å². The molecule has 0 saturated heterocycles. The van der Waals surface area contributed by atoms with Crippen LogP contribution in [0.15, 0.2) is 47.1 Å². The lowest BCUT2D eigenvalue weighted by atomic mass is 10.1. The van der Waals surface area contributed by atoms with Crippen molar-refractivity contribution in [2.24, 2.45) is 0 Å². The SMILES string of the molecule is Cc1ccc(CC(=O)NCc2nnc3cc(-c4nc(C)no4)ccn23)cc1. The zero-order chi connectivity index (χ0) is 18.8. The van der Waals surface area contributed by atoms with Crippen molar-refractivity contribution in [2.75, 3.05) is 0 Å². The monoisotopic (exact) mass is 362 g/mol. The minimum Gasteiger partial charge on any atom is -0.348 e. The highest BCUT2D eigenvalue weighted by Crippen LogP contribution is 2.18. The molecule has 0 aliphatic rings. The number of rotatable bonds is 5. The Balaban J connectivity index is 1.44. The standard InChI is InChI=1S/C19H18N6O2/c1-12-3-5-14(6-4-12)9-18(26)20-11-17-23-22-16-10-15(7-8-25(16)17)19-21-13(2)24-27-19/h3-8,10H,9,11H2,1-2H3,(H,20,26). The van der Waals surface area contributed by atoms with Crippen molar-refractivity contribution in [2.45, 2.75) is 26.8 Å². The van der Waals surface area contributed by atoms with E-state index in [4.69, 9.17) is 4.52 Å². The van der Waals surface area contributed by atoms with E-state index in [9.17, 15) is 4.79 Å². The zero-order valence-electron chi connectivity index (χ0n) is 15.0. The molecule has 1 N–H and O–H groups in total. The Hall–Kier alpha value is -3.55. The van der Waals surface area contributed by atoms with Crippen LogP contribution in [0.1, 0.15) is 22.8 Å². The van der Waals surface area contributed by atoms with Gasteiger partial charge in [-0.15, -0.1) is 10.2 Å². The third kappa shape index (κ3) is 3.69.